The maximum absolute atomic E-state index is 13.8. The quantitative estimate of drug-likeness (QED) is 0.380. The topological polar surface area (TPSA) is 148 Å². The molecule has 0 saturated heterocycles. The highest BCUT2D eigenvalue weighted by atomic mass is 19.1. The lowest BCUT2D eigenvalue weighted by Crippen LogP contribution is -2.19. The molecule has 1 unspecified atom stereocenters. The SMILES string of the molecule is C=C(C#N)CCC(=O)Nc1ccc(-c2nnn(C)c2NC(=O)OC(C)c2cccnc2F)nc1. The molecule has 0 fully saturated rings. The summed E-state index contributed by atoms with van der Waals surface area (Å²) in [6, 6.07) is 8.12. The van der Waals surface area contributed by atoms with Crippen molar-refractivity contribution in [2.24, 2.45) is 7.05 Å². The van der Waals surface area contributed by atoms with Gasteiger partial charge in [0.2, 0.25) is 11.9 Å². The highest BCUT2D eigenvalue weighted by molar-refractivity contribution is 5.91. The number of aromatic nitrogens is 5. The van der Waals surface area contributed by atoms with Gasteiger partial charge >= 0.3 is 6.09 Å². The fraction of sp³-hybridized carbons (Fsp3) is 0.227. The van der Waals surface area contributed by atoms with Crippen molar-refractivity contribution in [3.63, 3.8) is 0 Å². The first-order valence-electron chi connectivity index (χ1n) is 10.1. The van der Waals surface area contributed by atoms with Gasteiger partial charge in [-0.05, 0) is 37.6 Å². The molecule has 3 aromatic heterocycles. The monoisotopic (exact) mass is 464 g/mol. The molecule has 11 nitrogen and oxygen atoms in total. The van der Waals surface area contributed by atoms with Crippen LogP contribution in [0.15, 0.2) is 48.8 Å². The Kier molecular flexibility index (Phi) is 7.60. The number of aryl methyl sites for hydroxylation is 1. The summed E-state index contributed by atoms with van der Waals surface area (Å²) in [5, 5.41) is 21.8. The minimum atomic E-state index is -0.885. The second-order valence-corrected chi connectivity index (χ2v) is 7.16. The standard InChI is InChI=1S/C22H21FN8O3/c1-13(11-24)6-9-18(32)27-15-7-8-17(26-12-15)19-21(31(3)30-29-19)28-22(33)34-14(2)16-5-4-10-25-20(16)23/h4-5,7-8,10,12,14H,1,6,9H2,2-3H3,(H,27,32)(H,28,33). The Labute approximate surface area is 194 Å². The number of carbonyl (C=O) groups is 2. The highest BCUT2D eigenvalue weighted by Crippen LogP contribution is 2.25. The Morgan fingerprint density at radius 3 is 2.74 bits per heavy atom. The number of pyridine rings is 2. The largest absolute Gasteiger partial charge is 0.441 e. The van der Waals surface area contributed by atoms with Gasteiger partial charge in [-0.3, -0.25) is 15.1 Å². The molecule has 12 heteroatoms. The minimum absolute atomic E-state index is 0.121. The summed E-state index contributed by atoms with van der Waals surface area (Å²) in [5.74, 6) is -0.796. The normalized spacial score (nSPS) is 11.2. The molecule has 174 valence electrons. The predicted octanol–water partition coefficient (Wildman–Crippen LogP) is 3.52. The molecule has 0 bridgehead atoms. The lowest BCUT2D eigenvalue weighted by Gasteiger charge is -2.14. The molecule has 3 heterocycles. The van der Waals surface area contributed by atoms with Crippen molar-refractivity contribution in [1.82, 2.24) is 25.0 Å². The molecular formula is C22H21FN8O3. The number of nitrogens with one attached hydrogen (secondary N) is 2. The molecule has 0 radical (unpaired) electrons. The Morgan fingerprint density at radius 1 is 1.26 bits per heavy atom. The number of nitrogens with zero attached hydrogens (tertiary/aromatic N) is 6. The molecule has 2 amide bonds. The number of nitriles is 1. The van der Waals surface area contributed by atoms with E-state index in [9.17, 15) is 14.0 Å². The smallest absolute Gasteiger partial charge is 0.413 e. The van der Waals surface area contributed by atoms with E-state index in [0.717, 1.165) is 0 Å². The summed E-state index contributed by atoms with van der Waals surface area (Å²) in [7, 11) is 1.57. The van der Waals surface area contributed by atoms with Gasteiger partial charge in [0.1, 0.15) is 6.10 Å². The van der Waals surface area contributed by atoms with Crippen molar-refractivity contribution in [1.29, 1.82) is 5.26 Å². The van der Waals surface area contributed by atoms with E-state index in [1.165, 1.54) is 30.1 Å². The van der Waals surface area contributed by atoms with Crippen LogP contribution >= 0.6 is 0 Å². The molecule has 3 rings (SSSR count). The van der Waals surface area contributed by atoms with Crippen LogP contribution in [0.2, 0.25) is 0 Å². The first-order chi connectivity index (χ1) is 16.3. The first kappa shape index (κ1) is 24.0. The highest BCUT2D eigenvalue weighted by Gasteiger charge is 2.20. The number of hydrogen-bond donors (Lipinski definition) is 2. The van der Waals surface area contributed by atoms with E-state index in [1.807, 2.05) is 6.07 Å². The maximum Gasteiger partial charge on any atom is 0.413 e. The summed E-state index contributed by atoms with van der Waals surface area (Å²) < 4.78 is 20.4. The van der Waals surface area contributed by atoms with Crippen molar-refractivity contribution >= 4 is 23.5 Å². The lowest BCUT2D eigenvalue weighted by atomic mass is 10.2. The van der Waals surface area contributed by atoms with Gasteiger partial charge in [-0.15, -0.1) is 5.10 Å². The van der Waals surface area contributed by atoms with Gasteiger partial charge in [-0.2, -0.15) is 9.65 Å². The molecule has 2 N–H and O–H groups in total. The van der Waals surface area contributed by atoms with E-state index < -0.39 is 18.1 Å². The van der Waals surface area contributed by atoms with Crippen molar-refractivity contribution in [3.8, 4) is 17.5 Å². The summed E-state index contributed by atoms with van der Waals surface area (Å²) in [5.41, 5.74) is 1.55. The van der Waals surface area contributed by atoms with Crippen LogP contribution in [-0.2, 0) is 16.6 Å². The lowest BCUT2D eigenvalue weighted by molar-refractivity contribution is -0.116. The third-order valence-corrected chi connectivity index (χ3v) is 4.66. The molecular weight excluding hydrogens is 443 g/mol. The number of anilines is 2. The Hall–Kier alpha value is -4.66. The van der Waals surface area contributed by atoms with Crippen LogP contribution in [0.1, 0.15) is 31.4 Å². The molecule has 3 aromatic rings. The van der Waals surface area contributed by atoms with Crippen LogP contribution in [0.25, 0.3) is 11.4 Å². The van der Waals surface area contributed by atoms with Gasteiger partial charge in [-0.25, -0.2) is 14.5 Å². The number of rotatable bonds is 8. The second kappa shape index (κ2) is 10.8. The maximum atomic E-state index is 13.8. The Morgan fingerprint density at radius 2 is 2.06 bits per heavy atom. The zero-order valence-corrected chi connectivity index (χ0v) is 18.4. The summed E-state index contributed by atoms with van der Waals surface area (Å²) in [6.45, 7) is 5.06. The predicted molar refractivity (Wildman–Crippen MR) is 120 cm³/mol. The van der Waals surface area contributed by atoms with Crippen molar-refractivity contribution in [2.75, 3.05) is 10.6 Å². The molecule has 1 atom stereocenters. The fourth-order valence-electron chi connectivity index (χ4n) is 2.87. The molecule has 0 aliphatic rings. The van der Waals surface area contributed by atoms with Gasteiger partial charge < -0.3 is 10.1 Å². The van der Waals surface area contributed by atoms with Gasteiger partial charge in [0.05, 0.1) is 23.6 Å². The van der Waals surface area contributed by atoms with Crippen LogP contribution in [0.4, 0.5) is 20.7 Å². The molecule has 0 aromatic carbocycles. The van der Waals surface area contributed by atoms with Crippen molar-refractivity contribution in [3.05, 3.63) is 60.3 Å². The molecule has 0 aliphatic carbocycles. The van der Waals surface area contributed by atoms with Crippen LogP contribution in [-0.4, -0.2) is 37.0 Å². The number of amides is 2. The van der Waals surface area contributed by atoms with Gasteiger partial charge in [0.25, 0.3) is 0 Å². The number of carbonyl (C=O) groups excluding carboxylic acids is 2. The van der Waals surface area contributed by atoms with Crippen LogP contribution in [0, 0.1) is 17.3 Å². The van der Waals surface area contributed by atoms with E-state index in [-0.39, 0.29) is 35.8 Å². The van der Waals surface area contributed by atoms with Crippen LogP contribution in [0.5, 0.6) is 0 Å². The average Bonchev–Trinajstić information content (AvgIpc) is 3.18. The van der Waals surface area contributed by atoms with E-state index in [0.29, 0.717) is 17.0 Å². The number of hydrogen-bond acceptors (Lipinski definition) is 8. The third kappa shape index (κ3) is 5.98. The first-order valence-corrected chi connectivity index (χ1v) is 10.1. The van der Waals surface area contributed by atoms with Gasteiger partial charge in [0.15, 0.2) is 11.5 Å². The molecule has 0 aliphatic heterocycles. The van der Waals surface area contributed by atoms with E-state index in [4.69, 9.17) is 10.00 Å². The molecule has 0 spiro atoms. The van der Waals surface area contributed by atoms with E-state index in [2.05, 4.69) is 37.5 Å². The Balaban J connectivity index is 1.66. The fourth-order valence-corrected chi connectivity index (χ4v) is 2.87. The van der Waals surface area contributed by atoms with Crippen LogP contribution < -0.4 is 10.6 Å². The van der Waals surface area contributed by atoms with Crippen molar-refractivity contribution in [2.45, 2.75) is 25.9 Å². The second-order valence-electron chi connectivity index (χ2n) is 7.16. The summed E-state index contributed by atoms with van der Waals surface area (Å²) in [6.07, 6.45) is 1.39. The zero-order valence-electron chi connectivity index (χ0n) is 18.4. The van der Waals surface area contributed by atoms with Crippen LogP contribution in [0.3, 0.4) is 0 Å². The Bertz CT molecular complexity index is 1250. The van der Waals surface area contributed by atoms with E-state index >= 15 is 0 Å². The van der Waals surface area contributed by atoms with E-state index in [1.54, 1.807) is 25.2 Å². The number of halogens is 1. The average molecular weight is 464 g/mol. The van der Waals surface area contributed by atoms with Gasteiger partial charge in [-0.1, -0.05) is 11.8 Å². The molecule has 34 heavy (non-hydrogen) atoms. The molecule has 0 saturated carbocycles. The number of allylic oxidation sites excluding steroid dienone is 1. The van der Waals surface area contributed by atoms with Crippen molar-refractivity contribution < 1.29 is 18.7 Å². The minimum Gasteiger partial charge on any atom is -0.441 e. The van der Waals surface area contributed by atoms with Gasteiger partial charge in [0, 0.05) is 30.8 Å². The number of ether oxygens (including phenoxy) is 1. The third-order valence-electron chi connectivity index (χ3n) is 4.66. The zero-order chi connectivity index (χ0) is 24.7. The summed E-state index contributed by atoms with van der Waals surface area (Å²) in [4.78, 5) is 32.2. The summed E-state index contributed by atoms with van der Waals surface area (Å²) >= 11 is 0.